The Labute approximate surface area is 118 Å². The maximum Gasteiger partial charge on any atom is 0.204 e. The molecule has 5 heteroatoms. The fraction of sp³-hybridized carbons (Fsp3) is 0.333. The van der Waals surface area contributed by atoms with Crippen LogP contribution in [0.2, 0.25) is 0 Å². The van der Waals surface area contributed by atoms with Gasteiger partial charge in [0.05, 0.1) is 16.7 Å². The quantitative estimate of drug-likeness (QED) is 0.792. The van der Waals surface area contributed by atoms with Gasteiger partial charge in [0.2, 0.25) is 5.95 Å². The van der Waals surface area contributed by atoms with Gasteiger partial charge in [-0.3, -0.25) is 4.68 Å². The Hall–Kier alpha value is -2.30. The fourth-order valence-electron chi connectivity index (χ4n) is 2.53. The van der Waals surface area contributed by atoms with Crippen LogP contribution in [0.3, 0.4) is 0 Å². The number of hydrogen-bond donors (Lipinski definition) is 1. The molecule has 5 nitrogen and oxygen atoms in total. The number of hydrogen-bond acceptors (Lipinski definition) is 3. The number of aromatic nitrogens is 4. The zero-order valence-corrected chi connectivity index (χ0v) is 12.1. The molecule has 1 N–H and O–H groups in total. The molecule has 3 aromatic rings. The third-order valence-corrected chi connectivity index (χ3v) is 3.52. The van der Waals surface area contributed by atoms with Crippen molar-refractivity contribution in [2.24, 2.45) is 7.05 Å². The molecule has 3 rings (SSSR count). The first-order valence-corrected chi connectivity index (χ1v) is 6.87. The van der Waals surface area contributed by atoms with E-state index < -0.39 is 0 Å². The van der Waals surface area contributed by atoms with E-state index in [-0.39, 0.29) is 0 Å². The SMILES string of the molecule is CCn1c(NCc2cn(C)nc2C)nc2ccccc21. The molecule has 0 aliphatic carbocycles. The van der Waals surface area contributed by atoms with Gasteiger partial charge in [-0.05, 0) is 26.0 Å². The second-order valence-electron chi connectivity index (χ2n) is 4.94. The molecule has 0 bridgehead atoms. The van der Waals surface area contributed by atoms with Crippen molar-refractivity contribution >= 4 is 17.0 Å². The summed E-state index contributed by atoms with van der Waals surface area (Å²) >= 11 is 0. The standard InChI is InChI=1S/C15H19N5/c1-4-20-14-8-6-5-7-13(14)17-15(20)16-9-12-10-19(3)18-11(12)2/h5-8,10H,4,9H2,1-3H3,(H,16,17). The van der Waals surface area contributed by atoms with Crippen LogP contribution in [-0.4, -0.2) is 19.3 Å². The molecule has 0 amide bonds. The maximum atomic E-state index is 4.66. The zero-order chi connectivity index (χ0) is 14.1. The number of benzene rings is 1. The van der Waals surface area contributed by atoms with Crippen molar-refractivity contribution in [2.75, 3.05) is 5.32 Å². The van der Waals surface area contributed by atoms with Crippen LogP contribution in [0.15, 0.2) is 30.5 Å². The van der Waals surface area contributed by atoms with Crippen molar-refractivity contribution in [3.63, 3.8) is 0 Å². The summed E-state index contributed by atoms with van der Waals surface area (Å²) in [5, 5.41) is 7.78. The van der Waals surface area contributed by atoms with E-state index in [9.17, 15) is 0 Å². The molecule has 0 saturated heterocycles. The summed E-state index contributed by atoms with van der Waals surface area (Å²) in [5.41, 5.74) is 4.45. The summed E-state index contributed by atoms with van der Waals surface area (Å²) in [7, 11) is 1.94. The molecular formula is C15H19N5. The molecule has 2 heterocycles. The van der Waals surface area contributed by atoms with Crippen LogP contribution in [0, 0.1) is 6.92 Å². The van der Waals surface area contributed by atoms with Gasteiger partial charge in [-0.25, -0.2) is 4.98 Å². The topological polar surface area (TPSA) is 47.7 Å². The highest BCUT2D eigenvalue weighted by Crippen LogP contribution is 2.20. The lowest BCUT2D eigenvalue weighted by molar-refractivity contribution is 0.756. The Morgan fingerprint density at radius 1 is 1.25 bits per heavy atom. The van der Waals surface area contributed by atoms with Gasteiger partial charge in [-0.1, -0.05) is 12.1 Å². The molecule has 0 aliphatic rings. The van der Waals surface area contributed by atoms with Crippen molar-refractivity contribution in [3.05, 3.63) is 41.7 Å². The summed E-state index contributed by atoms with van der Waals surface area (Å²) < 4.78 is 4.04. The van der Waals surface area contributed by atoms with E-state index in [2.05, 4.69) is 33.0 Å². The van der Waals surface area contributed by atoms with Crippen LogP contribution in [0.4, 0.5) is 5.95 Å². The number of aryl methyl sites for hydroxylation is 3. The van der Waals surface area contributed by atoms with Crippen molar-refractivity contribution < 1.29 is 0 Å². The second-order valence-corrected chi connectivity index (χ2v) is 4.94. The van der Waals surface area contributed by atoms with Crippen molar-refractivity contribution in [3.8, 4) is 0 Å². The van der Waals surface area contributed by atoms with Gasteiger partial charge in [0, 0.05) is 31.9 Å². The number of imidazole rings is 1. The summed E-state index contributed by atoms with van der Waals surface area (Å²) in [6, 6.07) is 8.21. The molecule has 1 aromatic carbocycles. The minimum atomic E-state index is 0.739. The molecule has 2 aromatic heterocycles. The minimum Gasteiger partial charge on any atom is -0.351 e. The molecule has 0 atom stereocenters. The molecule has 0 spiro atoms. The Morgan fingerprint density at radius 3 is 2.75 bits per heavy atom. The first-order valence-electron chi connectivity index (χ1n) is 6.87. The van der Waals surface area contributed by atoms with Crippen molar-refractivity contribution in [2.45, 2.75) is 26.9 Å². The summed E-state index contributed by atoms with van der Waals surface area (Å²) in [6.45, 7) is 5.80. The first-order chi connectivity index (χ1) is 9.69. The lowest BCUT2D eigenvalue weighted by Gasteiger charge is -2.07. The van der Waals surface area contributed by atoms with Crippen molar-refractivity contribution in [1.29, 1.82) is 0 Å². The molecule has 0 saturated carbocycles. The van der Waals surface area contributed by atoms with Gasteiger partial charge in [-0.2, -0.15) is 5.10 Å². The maximum absolute atomic E-state index is 4.66. The molecule has 0 fully saturated rings. The van der Waals surface area contributed by atoms with E-state index in [4.69, 9.17) is 0 Å². The normalized spacial score (nSPS) is 11.2. The van der Waals surface area contributed by atoms with Gasteiger partial charge in [0.15, 0.2) is 0 Å². The minimum absolute atomic E-state index is 0.739. The van der Waals surface area contributed by atoms with Gasteiger partial charge in [0.25, 0.3) is 0 Å². The van der Waals surface area contributed by atoms with Crippen LogP contribution >= 0.6 is 0 Å². The Bertz CT molecular complexity index is 738. The van der Waals surface area contributed by atoms with E-state index in [0.29, 0.717) is 0 Å². The van der Waals surface area contributed by atoms with E-state index in [1.165, 1.54) is 11.1 Å². The van der Waals surface area contributed by atoms with Gasteiger partial charge in [0.1, 0.15) is 0 Å². The summed E-state index contributed by atoms with van der Waals surface area (Å²) in [6.07, 6.45) is 2.04. The predicted molar refractivity (Wildman–Crippen MR) is 80.7 cm³/mol. The number of nitrogens with zero attached hydrogens (tertiary/aromatic N) is 4. The Balaban J connectivity index is 1.89. The second kappa shape index (κ2) is 5.00. The van der Waals surface area contributed by atoms with Gasteiger partial charge >= 0.3 is 0 Å². The lowest BCUT2D eigenvalue weighted by Crippen LogP contribution is -2.07. The van der Waals surface area contributed by atoms with Crippen LogP contribution in [0.5, 0.6) is 0 Å². The average Bonchev–Trinajstić information content (AvgIpc) is 2.95. The summed E-state index contributed by atoms with van der Waals surface area (Å²) in [5.74, 6) is 0.914. The fourth-order valence-corrected chi connectivity index (χ4v) is 2.53. The Morgan fingerprint density at radius 2 is 2.05 bits per heavy atom. The number of anilines is 1. The van der Waals surface area contributed by atoms with Crippen LogP contribution in [0.25, 0.3) is 11.0 Å². The van der Waals surface area contributed by atoms with E-state index >= 15 is 0 Å². The van der Waals surface area contributed by atoms with Gasteiger partial charge in [-0.15, -0.1) is 0 Å². The highest BCUT2D eigenvalue weighted by Gasteiger charge is 2.09. The third-order valence-electron chi connectivity index (χ3n) is 3.52. The first kappa shape index (κ1) is 12.7. The molecule has 0 radical (unpaired) electrons. The molecule has 20 heavy (non-hydrogen) atoms. The van der Waals surface area contributed by atoms with Crippen LogP contribution in [0.1, 0.15) is 18.2 Å². The lowest BCUT2D eigenvalue weighted by atomic mass is 10.3. The Kier molecular flexibility index (Phi) is 3.18. The van der Waals surface area contributed by atoms with Crippen LogP contribution < -0.4 is 5.32 Å². The van der Waals surface area contributed by atoms with Gasteiger partial charge < -0.3 is 9.88 Å². The van der Waals surface area contributed by atoms with E-state index in [0.717, 1.165) is 30.2 Å². The highest BCUT2D eigenvalue weighted by atomic mass is 15.3. The number of rotatable bonds is 4. The van der Waals surface area contributed by atoms with Crippen LogP contribution in [-0.2, 0) is 20.1 Å². The molecular weight excluding hydrogens is 250 g/mol. The molecule has 0 aliphatic heterocycles. The summed E-state index contributed by atoms with van der Waals surface area (Å²) in [4.78, 5) is 4.66. The zero-order valence-electron chi connectivity index (χ0n) is 12.1. The van der Waals surface area contributed by atoms with E-state index in [1.54, 1.807) is 0 Å². The third kappa shape index (κ3) is 2.15. The largest absolute Gasteiger partial charge is 0.351 e. The molecule has 0 unspecified atom stereocenters. The monoisotopic (exact) mass is 269 g/mol. The number of para-hydroxylation sites is 2. The average molecular weight is 269 g/mol. The molecule has 104 valence electrons. The smallest absolute Gasteiger partial charge is 0.204 e. The highest BCUT2D eigenvalue weighted by molar-refractivity contribution is 5.78. The number of fused-ring (bicyclic) bond motifs is 1. The van der Waals surface area contributed by atoms with Crippen molar-refractivity contribution in [1.82, 2.24) is 19.3 Å². The van der Waals surface area contributed by atoms with E-state index in [1.807, 2.05) is 43.0 Å². The predicted octanol–water partition coefficient (Wildman–Crippen LogP) is 2.71. The number of nitrogens with one attached hydrogen (secondary N) is 1.